The number of anilines is 2. The summed E-state index contributed by atoms with van der Waals surface area (Å²) in [5.41, 5.74) is 8.01. The number of nitrogens with two attached hydrogens (primary N) is 1. The Labute approximate surface area is 83.6 Å². The Morgan fingerprint density at radius 2 is 2.36 bits per heavy atom. The SMILES string of the molecule is C=CCC(=O)Nc1cc(N)ccc1C. The summed E-state index contributed by atoms with van der Waals surface area (Å²) in [6.45, 7) is 5.42. The van der Waals surface area contributed by atoms with Crippen LogP contribution < -0.4 is 11.1 Å². The molecule has 0 fully saturated rings. The Morgan fingerprint density at radius 3 is 3.00 bits per heavy atom. The van der Waals surface area contributed by atoms with Gasteiger partial charge in [-0.3, -0.25) is 4.79 Å². The Balaban J connectivity index is 2.80. The van der Waals surface area contributed by atoms with Crippen LogP contribution in [-0.4, -0.2) is 5.91 Å². The minimum atomic E-state index is -0.0753. The van der Waals surface area contributed by atoms with Gasteiger partial charge in [-0.05, 0) is 24.6 Å². The highest BCUT2D eigenvalue weighted by molar-refractivity contribution is 5.92. The fraction of sp³-hybridized carbons (Fsp3) is 0.182. The number of carbonyl (C=O) groups excluding carboxylic acids is 1. The van der Waals surface area contributed by atoms with Crippen molar-refractivity contribution in [3.63, 3.8) is 0 Å². The molecule has 0 unspecified atom stereocenters. The second-order valence-corrected chi connectivity index (χ2v) is 3.12. The minimum Gasteiger partial charge on any atom is -0.399 e. The molecule has 0 atom stereocenters. The van der Waals surface area contributed by atoms with E-state index >= 15 is 0 Å². The van der Waals surface area contributed by atoms with Crippen molar-refractivity contribution in [3.8, 4) is 0 Å². The third-order valence-electron chi connectivity index (χ3n) is 1.87. The molecule has 0 heterocycles. The zero-order valence-corrected chi connectivity index (χ0v) is 8.21. The fourth-order valence-corrected chi connectivity index (χ4v) is 1.11. The maximum atomic E-state index is 11.3. The highest BCUT2D eigenvalue weighted by atomic mass is 16.1. The van der Waals surface area contributed by atoms with Gasteiger partial charge in [-0.2, -0.15) is 0 Å². The molecule has 1 amide bonds. The van der Waals surface area contributed by atoms with Crippen LogP contribution in [0.1, 0.15) is 12.0 Å². The number of aryl methyl sites for hydroxylation is 1. The quantitative estimate of drug-likeness (QED) is 0.566. The summed E-state index contributed by atoms with van der Waals surface area (Å²) in [7, 11) is 0. The number of hydrogen-bond donors (Lipinski definition) is 2. The molecular weight excluding hydrogens is 176 g/mol. The van der Waals surface area contributed by atoms with E-state index in [2.05, 4.69) is 11.9 Å². The number of benzene rings is 1. The summed E-state index contributed by atoms with van der Waals surface area (Å²) in [6.07, 6.45) is 1.88. The van der Waals surface area contributed by atoms with E-state index in [0.29, 0.717) is 12.1 Å². The van der Waals surface area contributed by atoms with Crippen LogP contribution in [0.5, 0.6) is 0 Å². The largest absolute Gasteiger partial charge is 0.399 e. The third-order valence-corrected chi connectivity index (χ3v) is 1.87. The van der Waals surface area contributed by atoms with Crippen LogP contribution in [0, 0.1) is 6.92 Å². The summed E-state index contributed by atoms with van der Waals surface area (Å²) in [5, 5.41) is 2.76. The van der Waals surface area contributed by atoms with Crippen molar-refractivity contribution in [2.45, 2.75) is 13.3 Å². The standard InChI is InChI=1S/C11H14N2O/c1-3-4-11(14)13-10-7-9(12)6-5-8(10)2/h3,5-7H,1,4,12H2,2H3,(H,13,14). The molecule has 0 spiro atoms. The van der Waals surface area contributed by atoms with Gasteiger partial charge >= 0.3 is 0 Å². The predicted molar refractivity (Wildman–Crippen MR) is 59.0 cm³/mol. The smallest absolute Gasteiger partial charge is 0.228 e. The van der Waals surface area contributed by atoms with E-state index in [1.807, 2.05) is 13.0 Å². The monoisotopic (exact) mass is 190 g/mol. The molecule has 1 aromatic rings. The van der Waals surface area contributed by atoms with Gasteiger partial charge in [0.15, 0.2) is 0 Å². The van der Waals surface area contributed by atoms with Crippen LogP contribution in [0.3, 0.4) is 0 Å². The topological polar surface area (TPSA) is 55.1 Å². The van der Waals surface area contributed by atoms with Crippen molar-refractivity contribution < 1.29 is 4.79 Å². The Kier molecular flexibility index (Phi) is 3.29. The van der Waals surface area contributed by atoms with Crippen molar-refractivity contribution in [2.24, 2.45) is 0 Å². The van der Waals surface area contributed by atoms with Gasteiger partial charge in [0.05, 0.1) is 0 Å². The fourth-order valence-electron chi connectivity index (χ4n) is 1.11. The number of amides is 1. The van der Waals surface area contributed by atoms with Crippen LogP contribution in [0.15, 0.2) is 30.9 Å². The van der Waals surface area contributed by atoms with E-state index in [9.17, 15) is 4.79 Å². The molecule has 3 N–H and O–H groups in total. The molecule has 0 saturated carbocycles. The maximum absolute atomic E-state index is 11.3. The number of carbonyl (C=O) groups is 1. The molecule has 74 valence electrons. The van der Waals surface area contributed by atoms with Gasteiger partial charge in [0, 0.05) is 17.8 Å². The summed E-state index contributed by atoms with van der Waals surface area (Å²) in [5.74, 6) is -0.0753. The number of nitrogens with one attached hydrogen (secondary N) is 1. The first-order valence-corrected chi connectivity index (χ1v) is 4.40. The second kappa shape index (κ2) is 4.46. The van der Waals surface area contributed by atoms with Gasteiger partial charge in [-0.15, -0.1) is 6.58 Å². The number of rotatable bonds is 3. The van der Waals surface area contributed by atoms with E-state index < -0.39 is 0 Å². The molecule has 0 aliphatic carbocycles. The molecule has 0 aromatic heterocycles. The van der Waals surface area contributed by atoms with Crippen LogP contribution >= 0.6 is 0 Å². The summed E-state index contributed by atoms with van der Waals surface area (Å²) < 4.78 is 0. The van der Waals surface area contributed by atoms with Gasteiger partial charge in [0.2, 0.25) is 5.91 Å². The zero-order valence-electron chi connectivity index (χ0n) is 8.21. The van der Waals surface area contributed by atoms with E-state index in [1.54, 1.807) is 18.2 Å². The lowest BCUT2D eigenvalue weighted by Gasteiger charge is -2.07. The van der Waals surface area contributed by atoms with Crippen molar-refractivity contribution in [3.05, 3.63) is 36.4 Å². The molecule has 0 aliphatic rings. The van der Waals surface area contributed by atoms with Crippen LogP contribution in [0.25, 0.3) is 0 Å². The van der Waals surface area contributed by atoms with Crippen LogP contribution in [-0.2, 0) is 4.79 Å². The van der Waals surface area contributed by atoms with E-state index in [0.717, 1.165) is 11.3 Å². The Hall–Kier alpha value is -1.77. The molecule has 0 bridgehead atoms. The van der Waals surface area contributed by atoms with Crippen molar-refractivity contribution >= 4 is 17.3 Å². The molecule has 0 saturated heterocycles. The minimum absolute atomic E-state index is 0.0753. The Bertz CT molecular complexity index is 358. The first-order chi connectivity index (χ1) is 6.63. The van der Waals surface area contributed by atoms with Crippen LogP contribution in [0.2, 0.25) is 0 Å². The van der Waals surface area contributed by atoms with Gasteiger partial charge in [0.1, 0.15) is 0 Å². The number of hydrogen-bond acceptors (Lipinski definition) is 2. The van der Waals surface area contributed by atoms with Gasteiger partial charge in [-0.25, -0.2) is 0 Å². The molecular formula is C11H14N2O. The first-order valence-electron chi connectivity index (χ1n) is 4.40. The first kappa shape index (κ1) is 10.3. The molecule has 3 nitrogen and oxygen atoms in total. The predicted octanol–water partition coefficient (Wildman–Crippen LogP) is 2.09. The average Bonchev–Trinajstić information content (AvgIpc) is 2.12. The molecule has 0 radical (unpaired) electrons. The average molecular weight is 190 g/mol. The lowest BCUT2D eigenvalue weighted by molar-refractivity contribution is -0.115. The zero-order chi connectivity index (χ0) is 10.6. The third kappa shape index (κ3) is 2.62. The van der Waals surface area contributed by atoms with Crippen molar-refractivity contribution in [1.82, 2.24) is 0 Å². The Morgan fingerprint density at radius 1 is 1.64 bits per heavy atom. The summed E-state index contributed by atoms with van der Waals surface area (Å²) >= 11 is 0. The van der Waals surface area contributed by atoms with Crippen molar-refractivity contribution in [2.75, 3.05) is 11.1 Å². The van der Waals surface area contributed by atoms with Gasteiger partial charge in [0.25, 0.3) is 0 Å². The van der Waals surface area contributed by atoms with E-state index in [1.165, 1.54) is 0 Å². The van der Waals surface area contributed by atoms with Crippen molar-refractivity contribution in [1.29, 1.82) is 0 Å². The maximum Gasteiger partial charge on any atom is 0.228 e. The molecule has 1 aromatic carbocycles. The highest BCUT2D eigenvalue weighted by Gasteiger charge is 2.02. The highest BCUT2D eigenvalue weighted by Crippen LogP contribution is 2.18. The van der Waals surface area contributed by atoms with Gasteiger partial charge < -0.3 is 11.1 Å². The normalized spacial score (nSPS) is 9.50. The van der Waals surface area contributed by atoms with E-state index in [-0.39, 0.29) is 5.91 Å². The molecule has 1 rings (SSSR count). The summed E-state index contributed by atoms with van der Waals surface area (Å²) in [6, 6.07) is 5.42. The second-order valence-electron chi connectivity index (χ2n) is 3.12. The lowest BCUT2D eigenvalue weighted by Crippen LogP contribution is -2.11. The summed E-state index contributed by atoms with van der Waals surface area (Å²) in [4.78, 5) is 11.3. The molecule has 3 heteroatoms. The van der Waals surface area contributed by atoms with Gasteiger partial charge in [-0.1, -0.05) is 12.1 Å². The number of nitrogen functional groups attached to an aromatic ring is 1. The molecule has 0 aliphatic heterocycles. The lowest BCUT2D eigenvalue weighted by atomic mass is 10.2. The van der Waals surface area contributed by atoms with E-state index in [4.69, 9.17) is 5.73 Å². The molecule has 14 heavy (non-hydrogen) atoms. The van der Waals surface area contributed by atoms with Crippen LogP contribution in [0.4, 0.5) is 11.4 Å².